The van der Waals surface area contributed by atoms with Gasteiger partial charge in [-0.1, -0.05) is 20.8 Å². The predicted octanol–water partition coefficient (Wildman–Crippen LogP) is 4.46. The Kier molecular flexibility index (Phi) is 5.32. The standard InChI is InChI=1S/C24H28N4O4/c1-24(2,3)21-19-16(10-13-28(21)23(30)31)27(4)20-17(32-5)7-6-15(18(19)20)22(29)26-14-8-11-25-12-9-14/h6-9,11-12,21H,10,13H2,1-5H3,(H,30,31)(H,25,26,29). The zero-order chi connectivity index (χ0) is 23.2. The minimum Gasteiger partial charge on any atom is -0.495 e. The smallest absolute Gasteiger partial charge is 0.407 e. The SMILES string of the molecule is COc1ccc(C(=O)Nc2ccncc2)c2c3c(n(C)c12)CCN(C(=O)O)C3C(C)(C)C. The largest absolute Gasteiger partial charge is 0.495 e. The maximum atomic E-state index is 13.4. The maximum absolute atomic E-state index is 13.4. The molecule has 0 saturated heterocycles. The van der Waals surface area contributed by atoms with Crippen LogP contribution in [-0.2, 0) is 13.5 Å². The molecule has 0 fully saturated rings. The third-order valence-corrected chi connectivity index (χ3v) is 6.10. The summed E-state index contributed by atoms with van der Waals surface area (Å²) in [5, 5.41) is 13.6. The Morgan fingerprint density at radius 1 is 1.19 bits per heavy atom. The van der Waals surface area contributed by atoms with E-state index in [0.29, 0.717) is 30.0 Å². The maximum Gasteiger partial charge on any atom is 0.407 e. The van der Waals surface area contributed by atoms with Crippen LogP contribution in [0, 0.1) is 5.41 Å². The number of carbonyl (C=O) groups excluding carboxylic acids is 1. The second-order valence-electron chi connectivity index (χ2n) is 9.14. The summed E-state index contributed by atoms with van der Waals surface area (Å²) in [4.78, 5) is 31.0. The number of benzene rings is 1. The van der Waals surface area contributed by atoms with Gasteiger partial charge in [-0.15, -0.1) is 0 Å². The van der Waals surface area contributed by atoms with Gasteiger partial charge in [-0.25, -0.2) is 4.79 Å². The number of hydrogen-bond acceptors (Lipinski definition) is 4. The molecule has 3 heterocycles. The van der Waals surface area contributed by atoms with E-state index in [1.54, 1.807) is 43.8 Å². The molecule has 2 N–H and O–H groups in total. The van der Waals surface area contributed by atoms with E-state index in [0.717, 1.165) is 22.2 Å². The fourth-order valence-corrected chi connectivity index (χ4v) is 4.84. The number of amides is 2. The lowest BCUT2D eigenvalue weighted by atomic mass is 9.77. The molecular weight excluding hydrogens is 408 g/mol. The molecule has 8 heteroatoms. The van der Waals surface area contributed by atoms with Gasteiger partial charge in [-0.3, -0.25) is 9.78 Å². The van der Waals surface area contributed by atoms with E-state index in [4.69, 9.17) is 4.74 Å². The van der Waals surface area contributed by atoms with Crippen molar-refractivity contribution in [3.05, 3.63) is 53.5 Å². The van der Waals surface area contributed by atoms with Crippen LogP contribution < -0.4 is 10.1 Å². The summed E-state index contributed by atoms with van der Waals surface area (Å²) in [5.41, 5.74) is 3.43. The number of anilines is 1. The van der Waals surface area contributed by atoms with Crippen molar-refractivity contribution >= 4 is 28.6 Å². The highest BCUT2D eigenvalue weighted by atomic mass is 16.5. The summed E-state index contributed by atoms with van der Waals surface area (Å²) in [7, 11) is 3.55. The highest BCUT2D eigenvalue weighted by molar-refractivity contribution is 6.15. The van der Waals surface area contributed by atoms with Crippen LogP contribution in [-0.4, -0.2) is 45.2 Å². The molecule has 32 heavy (non-hydrogen) atoms. The van der Waals surface area contributed by atoms with Gasteiger partial charge < -0.3 is 24.6 Å². The molecule has 2 aromatic heterocycles. The van der Waals surface area contributed by atoms with Crippen molar-refractivity contribution in [1.29, 1.82) is 0 Å². The molecule has 0 spiro atoms. The second kappa shape index (κ2) is 7.85. The molecule has 3 aromatic rings. The molecule has 4 rings (SSSR count). The molecule has 0 radical (unpaired) electrons. The number of carboxylic acid groups (broad SMARTS) is 1. The highest BCUT2D eigenvalue weighted by Gasteiger charge is 2.42. The van der Waals surface area contributed by atoms with Crippen LogP contribution in [0.2, 0.25) is 0 Å². The second-order valence-corrected chi connectivity index (χ2v) is 9.14. The summed E-state index contributed by atoms with van der Waals surface area (Å²) >= 11 is 0. The van der Waals surface area contributed by atoms with Crippen LogP contribution in [0.1, 0.15) is 48.4 Å². The molecule has 168 valence electrons. The van der Waals surface area contributed by atoms with Crippen molar-refractivity contribution < 1.29 is 19.4 Å². The van der Waals surface area contributed by atoms with Crippen molar-refractivity contribution in [2.24, 2.45) is 12.5 Å². The van der Waals surface area contributed by atoms with E-state index in [1.165, 1.54) is 4.90 Å². The molecule has 1 aliphatic heterocycles. The van der Waals surface area contributed by atoms with Gasteiger partial charge in [0.05, 0.1) is 18.7 Å². The number of pyridine rings is 1. The minimum atomic E-state index is -0.960. The first-order valence-corrected chi connectivity index (χ1v) is 10.5. The number of methoxy groups -OCH3 is 1. The average Bonchev–Trinajstić information content (AvgIpc) is 3.05. The van der Waals surface area contributed by atoms with Crippen molar-refractivity contribution in [3.63, 3.8) is 0 Å². The number of ether oxygens (including phenoxy) is 1. The molecule has 0 aliphatic carbocycles. The van der Waals surface area contributed by atoms with Crippen molar-refractivity contribution in [1.82, 2.24) is 14.5 Å². The first-order valence-electron chi connectivity index (χ1n) is 10.5. The quantitative estimate of drug-likeness (QED) is 0.632. The van der Waals surface area contributed by atoms with Crippen LogP contribution >= 0.6 is 0 Å². The number of fused-ring (bicyclic) bond motifs is 3. The molecule has 1 atom stereocenters. The Balaban J connectivity index is 2.00. The number of nitrogens with zero attached hydrogens (tertiary/aromatic N) is 3. The molecule has 2 amide bonds. The van der Waals surface area contributed by atoms with Crippen LogP contribution in [0.15, 0.2) is 36.7 Å². The molecule has 8 nitrogen and oxygen atoms in total. The van der Waals surface area contributed by atoms with Crippen molar-refractivity contribution in [3.8, 4) is 5.75 Å². The molecule has 0 saturated carbocycles. The van der Waals surface area contributed by atoms with Crippen LogP contribution in [0.4, 0.5) is 10.5 Å². The van der Waals surface area contributed by atoms with E-state index in [1.807, 2.05) is 32.4 Å². The number of nitrogens with one attached hydrogen (secondary N) is 1. The Morgan fingerprint density at radius 2 is 1.88 bits per heavy atom. The van der Waals surface area contributed by atoms with Crippen molar-refractivity contribution in [2.45, 2.75) is 33.2 Å². The van der Waals surface area contributed by atoms with Crippen LogP contribution in [0.3, 0.4) is 0 Å². The Hall–Kier alpha value is -3.55. The normalized spacial score (nSPS) is 16.0. The lowest BCUT2D eigenvalue weighted by Gasteiger charge is -2.42. The van der Waals surface area contributed by atoms with Gasteiger partial charge in [0.15, 0.2) is 0 Å². The molecular formula is C24H28N4O4. The third-order valence-electron chi connectivity index (χ3n) is 6.10. The first kappa shape index (κ1) is 21.7. The zero-order valence-corrected chi connectivity index (χ0v) is 19.0. The van der Waals surface area contributed by atoms with E-state index in [2.05, 4.69) is 10.3 Å². The molecule has 1 aromatic carbocycles. The van der Waals surface area contributed by atoms with Crippen LogP contribution in [0.5, 0.6) is 5.75 Å². The number of hydrogen-bond donors (Lipinski definition) is 2. The highest BCUT2D eigenvalue weighted by Crippen LogP contribution is 2.48. The summed E-state index contributed by atoms with van der Waals surface area (Å²) in [6.45, 7) is 6.48. The van der Waals surface area contributed by atoms with E-state index in [9.17, 15) is 14.7 Å². The lowest BCUT2D eigenvalue weighted by Crippen LogP contribution is -2.44. The van der Waals surface area contributed by atoms with E-state index in [-0.39, 0.29) is 11.3 Å². The average molecular weight is 437 g/mol. The topological polar surface area (TPSA) is 96.7 Å². The monoisotopic (exact) mass is 436 g/mol. The van der Waals surface area contributed by atoms with E-state index >= 15 is 0 Å². The fraction of sp³-hybridized carbons (Fsp3) is 0.375. The van der Waals surface area contributed by atoms with Gasteiger partial charge in [0.1, 0.15) is 5.75 Å². The minimum absolute atomic E-state index is 0.266. The zero-order valence-electron chi connectivity index (χ0n) is 19.0. The van der Waals surface area contributed by atoms with Crippen molar-refractivity contribution in [2.75, 3.05) is 19.0 Å². The number of aryl methyl sites for hydroxylation is 1. The van der Waals surface area contributed by atoms with E-state index < -0.39 is 12.1 Å². The fourth-order valence-electron chi connectivity index (χ4n) is 4.84. The lowest BCUT2D eigenvalue weighted by molar-refractivity contribution is 0.0760. The van der Waals surface area contributed by atoms with Crippen LogP contribution in [0.25, 0.3) is 10.9 Å². The predicted molar refractivity (Wildman–Crippen MR) is 122 cm³/mol. The van der Waals surface area contributed by atoms with Gasteiger partial charge in [-0.2, -0.15) is 0 Å². The summed E-state index contributed by atoms with van der Waals surface area (Å²) in [6.07, 6.45) is 2.83. The number of carbonyl (C=O) groups is 2. The molecule has 0 bridgehead atoms. The summed E-state index contributed by atoms with van der Waals surface area (Å²) in [6, 6.07) is 6.58. The van der Waals surface area contributed by atoms with Gasteiger partial charge in [0.25, 0.3) is 5.91 Å². The molecule has 1 unspecified atom stereocenters. The van der Waals surface area contributed by atoms with Gasteiger partial charge in [0.2, 0.25) is 0 Å². The summed E-state index contributed by atoms with van der Waals surface area (Å²) in [5.74, 6) is 0.379. The Morgan fingerprint density at radius 3 is 2.47 bits per heavy atom. The van der Waals surface area contributed by atoms with Gasteiger partial charge in [0, 0.05) is 60.3 Å². The Labute approximate surface area is 186 Å². The first-order chi connectivity index (χ1) is 15.1. The summed E-state index contributed by atoms with van der Waals surface area (Å²) < 4.78 is 7.69. The van der Waals surface area contributed by atoms with Gasteiger partial charge >= 0.3 is 6.09 Å². The molecule has 1 aliphatic rings. The third kappa shape index (κ3) is 3.45. The number of aromatic nitrogens is 2. The Bertz CT molecular complexity index is 1190. The van der Waals surface area contributed by atoms with Gasteiger partial charge in [-0.05, 0) is 29.7 Å². The number of rotatable bonds is 3.